The second-order valence-corrected chi connectivity index (χ2v) is 4.53. The van der Waals surface area contributed by atoms with E-state index in [9.17, 15) is 0 Å². The van der Waals surface area contributed by atoms with Crippen LogP contribution in [0.4, 0.5) is 11.6 Å². The van der Waals surface area contributed by atoms with E-state index in [0.29, 0.717) is 0 Å². The van der Waals surface area contributed by atoms with Crippen LogP contribution < -0.4 is 10.6 Å². The predicted molar refractivity (Wildman–Crippen MR) is 70.6 cm³/mol. The summed E-state index contributed by atoms with van der Waals surface area (Å²) in [4.78, 5) is 12.6. The van der Waals surface area contributed by atoms with Crippen LogP contribution in [0.15, 0.2) is 17.9 Å². The van der Waals surface area contributed by atoms with E-state index in [0.717, 1.165) is 35.2 Å². The molecule has 0 saturated carbocycles. The van der Waals surface area contributed by atoms with Gasteiger partial charge in [-0.1, -0.05) is 0 Å². The number of nitrogens with one attached hydrogen (secondary N) is 2. The van der Waals surface area contributed by atoms with E-state index in [4.69, 9.17) is 0 Å². The van der Waals surface area contributed by atoms with Crippen molar-refractivity contribution in [3.05, 3.63) is 28.5 Å². The van der Waals surface area contributed by atoms with Crippen molar-refractivity contribution < 1.29 is 0 Å². The van der Waals surface area contributed by atoms with Gasteiger partial charge in [0.25, 0.3) is 0 Å². The van der Waals surface area contributed by atoms with Crippen molar-refractivity contribution >= 4 is 23.0 Å². The molecule has 90 valence electrons. The summed E-state index contributed by atoms with van der Waals surface area (Å²) in [6, 6.07) is 0. The Bertz CT molecular complexity index is 469. The SMILES string of the molecule is CNc1ncnc(NCCc2nccs2)c1C. The van der Waals surface area contributed by atoms with Gasteiger partial charge in [-0.25, -0.2) is 15.0 Å². The van der Waals surface area contributed by atoms with Crippen molar-refractivity contribution in [1.29, 1.82) is 0 Å². The first-order chi connectivity index (χ1) is 8.31. The van der Waals surface area contributed by atoms with E-state index in [2.05, 4.69) is 25.6 Å². The van der Waals surface area contributed by atoms with E-state index >= 15 is 0 Å². The molecule has 0 amide bonds. The quantitative estimate of drug-likeness (QED) is 0.848. The lowest BCUT2D eigenvalue weighted by Crippen LogP contribution is -2.09. The van der Waals surface area contributed by atoms with Gasteiger partial charge in [0.1, 0.15) is 18.0 Å². The van der Waals surface area contributed by atoms with Crippen molar-refractivity contribution in [2.45, 2.75) is 13.3 Å². The zero-order valence-corrected chi connectivity index (χ0v) is 10.7. The van der Waals surface area contributed by atoms with Gasteiger partial charge < -0.3 is 10.6 Å². The summed E-state index contributed by atoms with van der Waals surface area (Å²) in [5.41, 5.74) is 1.04. The normalized spacial score (nSPS) is 10.2. The summed E-state index contributed by atoms with van der Waals surface area (Å²) >= 11 is 1.67. The standard InChI is InChI=1S/C11H15N5S/c1-8-10(12-2)15-7-16-11(8)14-4-3-9-13-5-6-17-9/h5-7H,3-4H2,1-2H3,(H2,12,14,15,16). The van der Waals surface area contributed by atoms with Gasteiger partial charge >= 0.3 is 0 Å². The lowest BCUT2D eigenvalue weighted by atomic mass is 10.3. The van der Waals surface area contributed by atoms with Crippen LogP contribution in [0.1, 0.15) is 10.6 Å². The molecular weight excluding hydrogens is 234 g/mol. The summed E-state index contributed by atoms with van der Waals surface area (Å²) in [6.45, 7) is 2.83. The predicted octanol–water partition coefficient (Wildman–Crippen LogP) is 1.94. The zero-order chi connectivity index (χ0) is 12.1. The van der Waals surface area contributed by atoms with Gasteiger partial charge in [0.15, 0.2) is 0 Å². The molecule has 2 heterocycles. The van der Waals surface area contributed by atoms with Crippen LogP contribution in [0.2, 0.25) is 0 Å². The first-order valence-corrected chi connectivity index (χ1v) is 6.31. The fourth-order valence-corrected chi connectivity index (χ4v) is 2.17. The van der Waals surface area contributed by atoms with Crippen molar-refractivity contribution in [2.75, 3.05) is 24.2 Å². The topological polar surface area (TPSA) is 62.7 Å². The Hall–Kier alpha value is -1.69. The number of hydrogen-bond acceptors (Lipinski definition) is 6. The molecule has 6 heteroatoms. The van der Waals surface area contributed by atoms with Gasteiger partial charge in [-0.05, 0) is 6.92 Å². The smallest absolute Gasteiger partial charge is 0.134 e. The van der Waals surface area contributed by atoms with Crippen LogP contribution in [-0.4, -0.2) is 28.5 Å². The highest BCUT2D eigenvalue weighted by molar-refractivity contribution is 7.09. The molecule has 17 heavy (non-hydrogen) atoms. The molecule has 0 fully saturated rings. The van der Waals surface area contributed by atoms with Crippen LogP contribution in [0.3, 0.4) is 0 Å². The summed E-state index contributed by atoms with van der Waals surface area (Å²) in [5, 5.41) is 9.47. The van der Waals surface area contributed by atoms with Crippen LogP contribution in [0.25, 0.3) is 0 Å². The molecule has 0 radical (unpaired) electrons. The Morgan fingerprint density at radius 3 is 2.76 bits per heavy atom. The first-order valence-electron chi connectivity index (χ1n) is 5.43. The molecule has 0 atom stereocenters. The maximum atomic E-state index is 4.24. The summed E-state index contributed by atoms with van der Waals surface area (Å²) in [7, 11) is 1.86. The van der Waals surface area contributed by atoms with Crippen molar-refractivity contribution in [3.63, 3.8) is 0 Å². The molecule has 0 aliphatic heterocycles. The molecule has 0 aliphatic carbocycles. The van der Waals surface area contributed by atoms with E-state index in [-0.39, 0.29) is 0 Å². The average Bonchev–Trinajstić information content (AvgIpc) is 2.84. The Morgan fingerprint density at radius 2 is 2.06 bits per heavy atom. The molecule has 0 aromatic carbocycles. The minimum Gasteiger partial charge on any atom is -0.373 e. The fraction of sp³-hybridized carbons (Fsp3) is 0.364. The van der Waals surface area contributed by atoms with Crippen molar-refractivity contribution in [3.8, 4) is 0 Å². The third-order valence-electron chi connectivity index (χ3n) is 2.44. The van der Waals surface area contributed by atoms with Crippen molar-refractivity contribution in [2.24, 2.45) is 0 Å². The van der Waals surface area contributed by atoms with Crippen molar-refractivity contribution in [1.82, 2.24) is 15.0 Å². The molecule has 2 N–H and O–H groups in total. The number of anilines is 2. The van der Waals surface area contributed by atoms with E-state index < -0.39 is 0 Å². The molecule has 0 bridgehead atoms. The highest BCUT2D eigenvalue weighted by Gasteiger charge is 2.04. The number of aromatic nitrogens is 3. The third kappa shape index (κ3) is 2.91. The van der Waals surface area contributed by atoms with Crippen LogP contribution in [0, 0.1) is 6.92 Å². The second-order valence-electron chi connectivity index (χ2n) is 3.55. The molecule has 0 saturated heterocycles. The first kappa shape index (κ1) is 11.8. The molecule has 2 rings (SSSR count). The van der Waals surface area contributed by atoms with Gasteiger partial charge in [-0.15, -0.1) is 11.3 Å². The van der Waals surface area contributed by atoms with Gasteiger partial charge in [0, 0.05) is 37.2 Å². The Kier molecular flexibility index (Phi) is 3.87. The highest BCUT2D eigenvalue weighted by Crippen LogP contribution is 2.17. The summed E-state index contributed by atoms with van der Waals surface area (Å²) in [6.07, 6.45) is 4.30. The molecule has 5 nitrogen and oxygen atoms in total. The maximum Gasteiger partial charge on any atom is 0.134 e. The number of hydrogen-bond donors (Lipinski definition) is 2. The van der Waals surface area contributed by atoms with Gasteiger partial charge in [-0.2, -0.15) is 0 Å². The second kappa shape index (κ2) is 5.58. The zero-order valence-electron chi connectivity index (χ0n) is 9.90. The molecule has 2 aromatic rings. The monoisotopic (exact) mass is 249 g/mol. The Balaban J connectivity index is 1.95. The summed E-state index contributed by atoms with van der Waals surface area (Å²) < 4.78 is 0. The fourth-order valence-electron chi connectivity index (χ4n) is 1.54. The van der Waals surface area contributed by atoms with E-state index in [1.165, 1.54) is 0 Å². The third-order valence-corrected chi connectivity index (χ3v) is 3.28. The van der Waals surface area contributed by atoms with Crippen LogP contribution in [0.5, 0.6) is 0 Å². The largest absolute Gasteiger partial charge is 0.373 e. The molecule has 0 aliphatic rings. The maximum absolute atomic E-state index is 4.24. The van der Waals surface area contributed by atoms with Crippen LogP contribution in [-0.2, 0) is 6.42 Å². The van der Waals surface area contributed by atoms with Gasteiger partial charge in [-0.3, -0.25) is 0 Å². The molecule has 0 unspecified atom stereocenters. The summed E-state index contributed by atoms with van der Waals surface area (Å²) in [5.74, 6) is 1.73. The highest BCUT2D eigenvalue weighted by atomic mass is 32.1. The van der Waals surface area contributed by atoms with E-state index in [1.54, 1.807) is 17.7 Å². The van der Waals surface area contributed by atoms with Gasteiger partial charge in [0.2, 0.25) is 0 Å². The number of nitrogens with zero attached hydrogens (tertiary/aromatic N) is 3. The van der Waals surface area contributed by atoms with E-state index in [1.807, 2.05) is 25.5 Å². The van der Waals surface area contributed by atoms with Crippen LogP contribution >= 0.6 is 11.3 Å². The Morgan fingerprint density at radius 1 is 1.24 bits per heavy atom. The average molecular weight is 249 g/mol. The molecule has 0 spiro atoms. The minimum atomic E-state index is 0.828. The van der Waals surface area contributed by atoms with Gasteiger partial charge in [0.05, 0.1) is 5.01 Å². The minimum absolute atomic E-state index is 0.828. The Labute approximate surface area is 104 Å². The lowest BCUT2D eigenvalue weighted by Gasteiger charge is -2.10. The number of rotatable bonds is 5. The number of thiazole rings is 1. The molecular formula is C11H15N5S. The molecule has 2 aromatic heterocycles. The lowest BCUT2D eigenvalue weighted by molar-refractivity contribution is 0.976.